The molecule has 1 saturated carbocycles. The van der Waals surface area contributed by atoms with E-state index in [9.17, 15) is 4.79 Å². The first-order valence-corrected chi connectivity index (χ1v) is 4.41. The van der Waals surface area contributed by atoms with E-state index in [4.69, 9.17) is 17.3 Å². The molecular weight excluding hydrogens is 178 g/mol. The van der Waals surface area contributed by atoms with Crippen molar-refractivity contribution in [3.63, 3.8) is 0 Å². The van der Waals surface area contributed by atoms with Gasteiger partial charge in [0.2, 0.25) is 0 Å². The van der Waals surface area contributed by atoms with Gasteiger partial charge < -0.3 is 10.5 Å². The van der Waals surface area contributed by atoms with Crippen molar-refractivity contribution in [1.29, 1.82) is 0 Å². The zero-order valence-corrected chi connectivity index (χ0v) is 8.10. The zero-order valence-electron chi connectivity index (χ0n) is 7.34. The molecular formula is C8H14ClNO2. The Balaban J connectivity index is 2.61. The predicted octanol–water partition coefficient (Wildman–Crippen LogP) is 0.894. The fraction of sp³-hybridized carbons (Fsp3) is 0.875. The van der Waals surface area contributed by atoms with E-state index in [0.717, 1.165) is 12.8 Å². The third kappa shape index (κ3) is 1.72. The molecule has 0 radical (unpaired) electrons. The smallest absolute Gasteiger partial charge is 0.328 e. The van der Waals surface area contributed by atoms with E-state index in [1.54, 1.807) is 6.92 Å². The highest BCUT2D eigenvalue weighted by Gasteiger charge is 2.46. The van der Waals surface area contributed by atoms with Crippen LogP contribution >= 0.6 is 11.6 Å². The van der Waals surface area contributed by atoms with Gasteiger partial charge in [-0.1, -0.05) is 0 Å². The van der Waals surface area contributed by atoms with Gasteiger partial charge in [0, 0.05) is 6.04 Å². The first-order chi connectivity index (χ1) is 5.50. The largest absolute Gasteiger partial charge is 0.468 e. The maximum Gasteiger partial charge on any atom is 0.328 e. The van der Waals surface area contributed by atoms with E-state index in [2.05, 4.69) is 4.74 Å². The molecule has 1 fully saturated rings. The van der Waals surface area contributed by atoms with Gasteiger partial charge in [-0.3, -0.25) is 4.79 Å². The van der Waals surface area contributed by atoms with Crippen molar-refractivity contribution in [2.24, 2.45) is 11.7 Å². The van der Waals surface area contributed by atoms with Crippen molar-refractivity contribution >= 4 is 17.6 Å². The Hall–Kier alpha value is -0.280. The van der Waals surface area contributed by atoms with Crippen LogP contribution in [-0.2, 0) is 9.53 Å². The van der Waals surface area contributed by atoms with E-state index < -0.39 is 10.8 Å². The Labute approximate surface area is 77.2 Å². The van der Waals surface area contributed by atoms with Crippen molar-refractivity contribution in [3.05, 3.63) is 0 Å². The molecule has 0 aliphatic heterocycles. The van der Waals surface area contributed by atoms with Crippen molar-refractivity contribution in [1.82, 2.24) is 0 Å². The Bertz CT molecular complexity index is 189. The minimum Gasteiger partial charge on any atom is -0.468 e. The molecule has 0 aromatic heterocycles. The zero-order chi connectivity index (χ0) is 9.35. The summed E-state index contributed by atoms with van der Waals surface area (Å²) in [6, 6.07) is -0.286. The van der Waals surface area contributed by atoms with E-state index >= 15 is 0 Å². The van der Waals surface area contributed by atoms with Gasteiger partial charge in [0.15, 0.2) is 4.87 Å². The van der Waals surface area contributed by atoms with Gasteiger partial charge in [0.05, 0.1) is 7.11 Å². The van der Waals surface area contributed by atoms with Crippen LogP contribution in [0.3, 0.4) is 0 Å². The fourth-order valence-electron chi connectivity index (χ4n) is 1.23. The summed E-state index contributed by atoms with van der Waals surface area (Å²) < 4.78 is 4.56. The number of esters is 1. The van der Waals surface area contributed by atoms with Gasteiger partial charge in [0.25, 0.3) is 0 Å². The second-order valence-electron chi connectivity index (χ2n) is 3.43. The molecule has 3 nitrogen and oxygen atoms in total. The highest BCUT2D eigenvalue weighted by molar-refractivity contribution is 6.34. The summed E-state index contributed by atoms with van der Waals surface area (Å²) in [4.78, 5) is 10.1. The summed E-state index contributed by atoms with van der Waals surface area (Å²) in [6.07, 6.45) is 2.14. The van der Waals surface area contributed by atoms with E-state index in [1.807, 2.05) is 0 Å². The summed E-state index contributed by atoms with van der Waals surface area (Å²) in [5.74, 6) is -0.0461. The minimum absolute atomic E-state index is 0.286. The molecule has 4 heteroatoms. The van der Waals surface area contributed by atoms with Crippen molar-refractivity contribution in [2.45, 2.75) is 30.7 Å². The monoisotopic (exact) mass is 191 g/mol. The predicted molar refractivity (Wildman–Crippen MR) is 47.0 cm³/mol. The second-order valence-corrected chi connectivity index (χ2v) is 4.22. The Morgan fingerprint density at radius 1 is 1.75 bits per heavy atom. The molecule has 12 heavy (non-hydrogen) atoms. The van der Waals surface area contributed by atoms with Crippen LogP contribution in [-0.4, -0.2) is 24.0 Å². The minimum atomic E-state index is -1.06. The quantitative estimate of drug-likeness (QED) is 0.533. The molecule has 0 heterocycles. The Kier molecular flexibility index (Phi) is 2.64. The third-order valence-corrected chi connectivity index (χ3v) is 2.75. The molecule has 0 spiro atoms. The summed E-state index contributed by atoms with van der Waals surface area (Å²) in [5.41, 5.74) is 5.80. The van der Waals surface area contributed by atoms with Crippen LogP contribution in [0.1, 0.15) is 19.8 Å². The number of carbonyl (C=O) groups is 1. The number of carbonyl (C=O) groups excluding carboxylic acids is 1. The second kappa shape index (κ2) is 3.23. The standard InChI is InChI=1S/C8H14ClNO2/c1-8(9,7(11)12-2)6(10)5-3-4-5/h5-6H,3-4,10H2,1-2H3. The number of methoxy groups -OCH3 is 1. The number of ether oxygens (including phenoxy) is 1. The van der Waals surface area contributed by atoms with Gasteiger partial charge in [-0.2, -0.15) is 0 Å². The first kappa shape index (κ1) is 9.81. The number of hydrogen-bond acceptors (Lipinski definition) is 3. The topological polar surface area (TPSA) is 52.3 Å². The highest BCUT2D eigenvalue weighted by Crippen LogP contribution is 2.38. The molecule has 2 N–H and O–H groups in total. The number of nitrogens with two attached hydrogens (primary N) is 1. The van der Waals surface area contributed by atoms with Crippen LogP contribution < -0.4 is 5.73 Å². The number of halogens is 1. The van der Waals surface area contributed by atoms with Gasteiger partial charge in [-0.25, -0.2) is 0 Å². The highest BCUT2D eigenvalue weighted by atomic mass is 35.5. The number of hydrogen-bond donors (Lipinski definition) is 1. The molecule has 1 aliphatic carbocycles. The molecule has 0 aromatic carbocycles. The van der Waals surface area contributed by atoms with Crippen molar-refractivity contribution in [3.8, 4) is 0 Å². The Morgan fingerprint density at radius 2 is 2.25 bits per heavy atom. The summed E-state index contributed by atoms with van der Waals surface area (Å²) in [7, 11) is 1.32. The van der Waals surface area contributed by atoms with Crippen molar-refractivity contribution < 1.29 is 9.53 Å². The maximum absolute atomic E-state index is 11.2. The van der Waals surface area contributed by atoms with Crippen molar-refractivity contribution in [2.75, 3.05) is 7.11 Å². The Morgan fingerprint density at radius 3 is 2.58 bits per heavy atom. The molecule has 2 unspecified atom stereocenters. The van der Waals surface area contributed by atoms with Gasteiger partial charge in [0.1, 0.15) is 0 Å². The molecule has 0 amide bonds. The SMILES string of the molecule is COC(=O)C(C)(Cl)C(N)C1CC1. The normalized spacial score (nSPS) is 24.3. The summed E-state index contributed by atoms with van der Waals surface area (Å²) in [5, 5.41) is 0. The first-order valence-electron chi connectivity index (χ1n) is 4.03. The summed E-state index contributed by atoms with van der Waals surface area (Å²) in [6.45, 7) is 1.61. The third-order valence-electron chi connectivity index (χ3n) is 2.34. The summed E-state index contributed by atoms with van der Waals surface area (Å²) >= 11 is 5.97. The lowest BCUT2D eigenvalue weighted by atomic mass is 9.98. The number of rotatable bonds is 3. The van der Waals surface area contributed by atoms with Gasteiger partial charge in [-0.15, -0.1) is 11.6 Å². The van der Waals surface area contributed by atoms with E-state index in [0.29, 0.717) is 5.92 Å². The lowest BCUT2D eigenvalue weighted by Crippen LogP contribution is -2.49. The van der Waals surface area contributed by atoms with Crippen LogP contribution in [0, 0.1) is 5.92 Å². The molecule has 2 atom stereocenters. The number of alkyl halides is 1. The van der Waals surface area contributed by atoms with Crippen LogP contribution in [0.25, 0.3) is 0 Å². The lowest BCUT2D eigenvalue weighted by molar-refractivity contribution is -0.144. The van der Waals surface area contributed by atoms with E-state index in [1.165, 1.54) is 7.11 Å². The average molecular weight is 192 g/mol. The lowest BCUT2D eigenvalue weighted by Gasteiger charge is -2.25. The molecule has 0 saturated heterocycles. The fourth-order valence-corrected chi connectivity index (χ4v) is 1.49. The molecule has 0 bridgehead atoms. The molecule has 0 aromatic rings. The van der Waals surface area contributed by atoms with Crippen LogP contribution in [0.5, 0.6) is 0 Å². The van der Waals surface area contributed by atoms with Gasteiger partial charge >= 0.3 is 5.97 Å². The van der Waals surface area contributed by atoms with Crippen LogP contribution in [0.15, 0.2) is 0 Å². The van der Waals surface area contributed by atoms with Gasteiger partial charge in [-0.05, 0) is 25.7 Å². The average Bonchev–Trinajstić information content (AvgIpc) is 2.83. The van der Waals surface area contributed by atoms with E-state index in [-0.39, 0.29) is 6.04 Å². The molecule has 1 aliphatic rings. The molecule has 70 valence electrons. The molecule has 1 rings (SSSR count). The van der Waals surface area contributed by atoms with Crippen LogP contribution in [0.4, 0.5) is 0 Å². The maximum atomic E-state index is 11.2. The van der Waals surface area contributed by atoms with Crippen LogP contribution in [0.2, 0.25) is 0 Å².